The van der Waals surface area contributed by atoms with Gasteiger partial charge in [-0.2, -0.15) is 4.80 Å². The number of rotatable bonds is 4. The van der Waals surface area contributed by atoms with Gasteiger partial charge in [0.25, 0.3) is 11.8 Å². The number of hydrazine groups is 1. The topological polar surface area (TPSA) is 102 Å². The largest absolute Gasteiger partial charge is 0.272 e. The normalized spacial score (nSPS) is 10.4. The van der Waals surface area contributed by atoms with E-state index < -0.39 is 17.6 Å². The molecule has 0 saturated heterocycles. The first kappa shape index (κ1) is 17.5. The molecule has 10 heteroatoms. The third kappa shape index (κ3) is 4.19. The van der Waals surface area contributed by atoms with Crippen LogP contribution in [0.1, 0.15) is 10.4 Å². The van der Waals surface area contributed by atoms with Crippen LogP contribution in [0.3, 0.4) is 0 Å². The quantitative estimate of drug-likeness (QED) is 0.675. The van der Waals surface area contributed by atoms with E-state index >= 15 is 0 Å². The number of carbonyl (C=O) groups excluding carboxylic acids is 2. The van der Waals surface area contributed by atoms with Gasteiger partial charge in [0, 0.05) is 10.6 Å². The van der Waals surface area contributed by atoms with Gasteiger partial charge in [0.1, 0.15) is 12.4 Å². The minimum absolute atomic E-state index is 0.162. The van der Waals surface area contributed by atoms with Crippen molar-refractivity contribution in [3.8, 4) is 11.4 Å². The van der Waals surface area contributed by atoms with Crippen LogP contribution < -0.4 is 10.9 Å². The Hall–Kier alpha value is -3.33. The summed E-state index contributed by atoms with van der Waals surface area (Å²) in [4.78, 5) is 24.8. The summed E-state index contributed by atoms with van der Waals surface area (Å²) >= 11 is 5.62. The van der Waals surface area contributed by atoms with Crippen LogP contribution in [0, 0.1) is 5.82 Å². The molecule has 3 aromatic rings. The second-order valence-corrected chi connectivity index (χ2v) is 5.57. The Kier molecular flexibility index (Phi) is 5.18. The second kappa shape index (κ2) is 7.70. The number of halogens is 2. The Morgan fingerprint density at radius 2 is 1.88 bits per heavy atom. The van der Waals surface area contributed by atoms with Crippen LogP contribution in [0.4, 0.5) is 4.39 Å². The lowest BCUT2D eigenvalue weighted by Gasteiger charge is -2.07. The van der Waals surface area contributed by atoms with E-state index in [1.165, 1.54) is 12.1 Å². The Labute approximate surface area is 151 Å². The van der Waals surface area contributed by atoms with Crippen molar-refractivity contribution in [2.24, 2.45) is 0 Å². The Balaban J connectivity index is 1.56. The van der Waals surface area contributed by atoms with Crippen LogP contribution >= 0.6 is 11.6 Å². The molecule has 2 aromatic carbocycles. The predicted molar refractivity (Wildman–Crippen MR) is 90.3 cm³/mol. The number of amides is 2. The molecule has 0 saturated carbocycles. The fourth-order valence-corrected chi connectivity index (χ4v) is 2.21. The molecule has 2 N–H and O–H groups in total. The van der Waals surface area contributed by atoms with Crippen LogP contribution in [0.2, 0.25) is 5.02 Å². The lowest BCUT2D eigenvalue weighted by molar-refractivity contribution is -0.122. The summed E-state index contributed by atoms with van der Waals surface area (Å²) in [6, 6.07) is 12.7. The maximum atomic E-state index is 13.6. The summed E-state index contributed by atoms with van der Waals surface area (Å²) in [5.41, 5.74) is 4.77. The molecular formula is C16H12ClFN6O2. The van der Waals surface area contributed by atoms with Crippen LogP contribution in [0.15, 0.2) is 48.5 Å². The minimum Gasteiger partial charge on any atom is -0.271 e. The van der Waals surface area contributed by atoms with Crippen LogP contribution in [0.25, 0.3) is 11.4 Å². The van der Waals surface area contributed by atoms with Crippen LogP contribution in [0.5, 0.6) is 0 Å². The highest BCUT2D eigenvalue weighted by Gasteiger charge is 2.14. The molecule has 0 radical (unpaired) electrons. The van der Waals surface area contributed by atoms with Gasteiger partial charge in [-0.15, -0.1) is 10.2 Å². The Morgan fingerprint density at radius 1 is 1.12 bits per heavy atom. The molecule has 0 aliphatic carbocycles. The summed E-state index contributed by atoms with van der Waals surface area (Å²) in [6.45, 7) is -0.275. The molecule has 0 aliphatic rings. The summed E-state index contributed by atoms with van der Waals surface area (Å²) in [5, 5.41) is 11.9. The third-order valence-corrected chi connectivity index (χ3v) is 3.50. The van der Waals surface area contributed by atoms with Crippen molar-refractivity contribution in [1.82, 2.24) is 31.1 Å². The first-order valence-corrected chi connectivity index (χ1v) is 7.78. The molecule has 0 bridgehead atoms. The van der Waals surface area contributed by atoms with Crippen molar-refractivity contribution in [3.05, 3.63) is 64.9 Å². The molecule has 1 aromatic heterocycles. The molecule has 3 rings (SSSR count). The van der Waals surface area contributed by atoms with E-state index in [9.17, 15) is 14.0 Å². The van der Waals surface area contributed by atoms with Crippen LogP contribution in [-0.2, 0) is 11.3 Å². The highest BCUT2D eigenvalue weighted by Crippen LogP contribution is 2.14. The highest BCUT2D eigenvalue weighted by molar-refractivity contribution is 6.30. The standard InChI is InChI=1S/C16H12ClFN6O2/c17-11-6-7-12(13(18)8-11)16(26)21-19-14(25)9-24-22-15(20-23-24)10-4-2-1-3-5-10/h1-8H,9H2,(H,19,25)(H,21,26). The van der Waals surface area contributed by atoms with Crippen molar-refractivity contribution in [1.29, 1.82) is 0 Å². The highest BCUT2D eigenvalue weighted by atomic mass is 35.5. The predicted octanol–water partition coefficient (Wildman–Crippen LogP) is 1.59. The van der Waals surface area contributed by atoms with Gasteiger partial charge in [-0.05, 0) is 23.4 Å². The lowest BCUT2D eigenvalue weighted by atomic mass is 10.2. The number of nitrogens with zero attached hydrogens (tertiary/aromatic N) is 4. The molecular weight excluding hydrogens is 363 g/mol. The van der Waals surface area contributed by atoms with Gasteiger partial charge in [0.2, 0.25) is 5.82 Å². The third-order valence-electron chi connectivity index (χ3n) is 3.26. The van der Waals surface area contributed by atoms with Gasteiger partial charge >= 0.3 is 0 Å². The molecule has 0 atom stereocenters. The lowest BCUT2D eigenvalue weighted by Crippen LogP contribution is -2.43. The van der Waals surface area contributed by atoms with Gasteiger partial charge in [-0.3, -0.25) is 20.4 Å². The molecule has 8 nitrogen and oxygen atoms in total. The number of carbonyl (C=O) groups is 2. The van der Waals surface area contributed by atoms with E-state index in [2.05, 4.69) is 26.3 Å². The number of nitrogens with one attached hydrogen (secondary N) is 2. The van der Waals surface area contributed by atoms with Gasteiger partial charge in [-0.1, -0.05) is 41.9 Å². The molecule has 0 spiro atoms. The molecule has 0 fully saturated rings. The number of aromatic nitrogens is 4. The average Bonchev–Trinajstić information content (AvgIpc) is 3.09. The van der Waals surface area contributed by atoms with Crippen molar-refractivity contribution in [3.63, 3.8) is 0 Å². The summed E-state index contributed by atoms with van der Waals surface area (Å²) in [7, 11) is 0. The Morgan fingerprint density at radius 3 is 2.62 bits per heavy atom. The first-order valence-electron chi connectivity index (χ1n) is 7.40. The van der Waals surface area contributed by atoms with Gasteiger partial charge < -0.3 is 0 Å². The maximum absolute atomic E-state index is 13.6. The maximum Gasteiger partial charge on any atom is 0.272 e. The fraction of sp³-hybridized carbons (Fsp3) is 0.0625. The van der Waals surface area contributed by atoms with E-state index in [1.54, 1.807) is 0 Å². The summed E-state index contributed by atoms with van der Waals surface area (Å²) < 4.78 is 13.6. The molecule has 0 aliphatic heterocycles. The van der Waals surface area contributed by atoms with Crippen molar-refractivity contribution in [2.75, 3.05) is 0 Å². The van der Waals surface area contributed by atoms with Crippen LogP contribution in [-0.4, -0.2) is 32.0 Å². The van der Waals surface area contributed by atoms with Crippen molar-refractivity contribution in [2.45, 2.75) is 6.54 Å². The molecule has 2 amide bonds. The monoisotopic (exact) mass is 374 g/mol. The zero-order chi connectivity index (χ0) is 18.5. The zero-order valence-electron chi connectivity index (χ0n) is 13.2. The van der Waals surface area contributed by atoms with Crippen molar-refractivity contribution < 1.29 is 14.0 Å². The van der Waals surface area contributed by atoms with E-state index in [1.807, 2.05) is 30.3 Å². The average molecular weight is 375 g/mol. The van der Waals surface area contributed by atoms with E-state index in [-0.39, 0.29) is 17.1 Å². The van der Waals surface area contributed by atoms with E-state index in [0.717, 1.165) is 16.4 Å². The minimum atomic E-state index is -0.816. The molecule has 26 heavy (non-hydrogen) atoms. The van der Waals surface area contributed by atoms with E-state index in [4.69, 9.17) is 11.6 Å². The Bertz CT molecular complexity index is 947. The SMILES string of the molecule is O=C(Cn1nnc(-c2ccccc2)n1)NNC(=O)c1ccc(Cl)cc1F. The van der Waals surface area contributed by atoms with Gasteiger partial charge in [0.05, 0.1) is 5.56 Å². The van der Waals surface area contributed by atoms with Gasteiger partial charge in [-0.25, -0.2) is 4.39 Å². The molecule has 132 valence electrons. The molecule has 0 unspecified atom stereocenters. The van der Waals surface area contributed by atoms with E-state index in [0.29, 0.717) is 5.82 Å². The zero-order valence-corrected chi connectivity index (χ0v) is 13.9. The van der Waals surface area contributed by atoms with Gasteiger partial charge in [0.15, 0.2) is 0 Å². The number of hydrogen-bond acceptors (Lipinski definition) is 5. The first-order chi connectivity index (χ1) is 12.5. The van der Waals surface area contributed by atoms with Crippen molar-refractivity contribution >= 4 is 23.4 Å². The number of tetrazole rings is 1. The number of benzene rings is 2. The number of hydrogen-bond donors (Lipinski definition) is 2. The summed E-state index contributed by atoms with van der Waals surface area (Å²) in [5.74, 6) is -1.85. The molecule has 1 heterocycles. The fourth-order valence-electron chi connectivity index (χ4n) is 2.05. The smallest absolute Gasteiger partial charge is 0.271 e. The second-order valence-electron chi connectivity index (χ2n) is 5.14. The summed E-state index contributed by atoms with van der Waals surface area (Å²) in [6.07, 6.45) is 0.